The lowest BCUT2D eigenvalue weighted by Crippen LogP contribution is -1.75. The first-order valence-corrected chi connectivity index (χ1v) is 5.42. The number of hydrogen-bond donors (Lipinski definition) is 0. The Morgan fingerprint density at radius 1 is 1.20 bits per heavy atom. The predicted molar refractivity (Wildman–Crippen MR) is 60.1 cm³/mol. The number of nitrogens with zero attached hydrogens (tertiary/aromatic N) is 2. The van der Waals surface area contributed by atoms with Crippen molar-refractivity contribution in [3.63, 3.8) is 0 Å². The van der Waals surface area contributed by atoms with Crippen molar-refractivity contribution in [1.29, 1.82) is 0 Å². The number of halogens is 1. The first-order chi connectivity index (χ1) is 7.36. The van der Waals surface area contributed by atoms with Gasteiger partial charge in [-0.05, 0) is 0 Å². The van der Waals surface area contributed by atoms with Crippen molar-refractivity contribution in [1.82, 2.24) is 8.75 Å². The molecule has 15 heavy (non-hydrogen) atoms. The Labute approximate surface area is 94.6 Å². The maximum Gasteiger partial charge on any atom is 0.174 e. The van der Waals surface area contributed by atoms with E-state index in [0.29, 0.717) is 16.6 Å². The van der Waals surface area contributed by atoms with Gasteiger partial charge < -0.3 is 4.42 Å². The second-order valence-electron chi connectivity index (χ2n) is 3.06. The molecule has 5 heteroatoms. The molecule has 0 radical (unpaired) electrons. The molecule has 0 unspecified atom stereocenters. The predicted octanol–water partition coefficient (Wildman–Crippen LogP) is 3.60. The van der Waals surface area contributed by atoms with Crippen LogP contribution in [0.4, 0.5) is 0 Å². The monoisotopic (exact) mass is 236 g/mol. The second kappa shape index (κ2) is 3.32. The Bertz CT molecular complexity index is 616. The Hall–Kier alpha value is -1.39. The number of benzene rings is 1. The summed E-state index contributed by atoms with van der Waals surface area (Å²) in [5.74, 6) is 0.685. The molecular formula is C10H5ClN2OS. The van der Waals surface area contributed by atoms with Crippen molar-refractivity contribution >= 4 is 34.1 Å². The van der Waals surface area contributed by atoms with Crippen LogP contribution in [0.1, 0.15) is 0 Å². The Morgan fingerprint density at radius 3 is 2.87 bits per heavy atom. The third kappa shape index (κ3) is 1.33. The van der Waals surface area contributed by atoms with Crippen LogP contribution >= 0.6 is 23.3 Å². The van der Waals surface area contributed by atoms with E-state index in [-0.39, 0.29) is 0 Å². The minimum atomic E-state index is 0.389. The van der Waals surface area contributed by atoms with E-state index < -0.39 is 0 Å². The molecule has 0 aliphatic heterocycles. The Kier molecular flexibility index (Phi) is 1.97. The number of furan rings is 1. The number of aromatic nitrogens is 2. The van der Waals surface area contributed by atoms with Crippen LogP contribution in [0.2, 0.25) is 5.15 Å². The first-order valence-electron chi connectivity index (χ1n) is 4.31. The first kappa shape index (κ1) is 8.88. The average Bonchev–Trinajstić information content (AvgIpc) is 2.83. The van der Waals surface area contributed by atoms with Crippen LogP contribution in [-0.4, -0.2) is 8.75 Å². The van der Waals surface area contributed by atoms with Gasteiger partial charge in [0.05, 0.1) is 18.0 Å². The highest BCUT2D eigenvalue weighted by molar-refractivity contribution is 6.99. The molecular weight excluding hydrogens is 232 g/mol. The van der Waals surface area contributed by atoms with Crippen LogP contribution in [0, 0.1) is 0 Å². The summed E-state index contributed by atoms with van der Waals surface area (Å²) in [6.45, 7) is 0. The molecule has 0 aliphatic carbocycles. The summed E-state index contributed by atoms with van der Waals surface area (Å²) >= 11 is 6.99. The van der Waals surface area contributed by atoms with E-state index in [4.69, 9.17) is 16.0 Å². The van der Waals surface area contributed by atoms with Gasteiger partial charge in [0.2, 0.25) is 0 Å². The highest BCUT2D eigenvalue weighted by atomic mass is 35.5. The summed E-state index contributed by atoms with van der Waals surface area (Å²) in [5.41, 5.74) is 0.614. The zero-order valence-corrected chi connectivity index (χ0v) is 9.05. The largest absolute Gasteiger partial charge is 0.461 e. The summed E-state index contributed by atoms with van der Waals surface area (Å²) in [6, 6.07) is 7.87. The molecule has 0 saturated carbocycles. The van der Waals surface area contributed by atoms with Gasteiger partial charge in [-0.1, -0.05) is 35.9 Å². The van der Waals surface area contributed by atoms with E-state index in [1.807, 2.05) is 24.3 Å². The molecule has 0 aliphatic rings. The van der Waals surface area contributed by atoms with Gasteiger partial charge in [-0.2, -0.15) is 8.75 Å². The van der Waals surface area contributed by atoms with Crippen molar-refractivity contribution in [3.05, 3.63) is 35.7 Å². The fraction of sp³-hybridized carbons (Fsp3) is 0. The van der Waals surface area contributed by atoms with Gasteiger partial charge in [-0.15, -0.1) is 0 Å². The fourth-order valence-electron chi connectivity index (χ4n) is 1.49. The molecule has 0 bridgehead atoms. The zero-order valence-electron chi connectivity index (χ0n) is 7.48. The van der Waals surface area contributed by atoms with Gasteiger partial charge >= 0.3 is 0 Å². The highest BCUT2D eigenvalue weighted by Gasteiger charge is 2.15. The molecule has 0 N–H and O–H groups in total. The van der Waals surface area contributed by atoms with Gasteiger partial charge in [0.1, 0.15) is 0 Å². The van der Waals surface area contributed by atoms with Crippen molar-refractivity contribution in [2.24, 2.45) is 0 Å². The van der Waals surface area contributed by atoms with Crippen LogP contribution in [0.25, 0.3) is 22.2 Å². The third-order valence-electron chi connectivity index (χ3n) is 2.17. The number of hydrogen-bond acceptors (Lipinski definition) is 4. The van der Waals surface area contributed by atoms with Gasteiger partial charge in [-0.25, -0.2) is 0 Å². The van der Waals surface area contributed by atoms with E-state index in [9.17, 15) is 0 Å². The highest BCUT2D eigenvalue weighted by Crippen LogP contribution is 2.33. The quantitative estimate of drug-likeness (QED) is 0.648. The fourth-order valence-corrected chi connectivity index (χ4v) is 2.21. The van der Waals surface area contributed by atoms with E-state index >= 15 is 0 Å². The standard InChI is InChI=1S/C10H5ClN2OS/c11-10-8(12-15-13-10)9-7-4-2-1-3-6(7)5-14-9/h1-5H. The Morgan fingerprint density at radius 2 is 2.07 bits per heavy atom. The van der Waals surface area contributed by atoms with E-state index in [1.165, 1.54) is 0 Å². The molecule has 2 aromatic heterocycles. The number of rotatable bonds is 1. The number of fused-ring (bicyclic) bond motifs is 1. The van der Waals surface area contributed by atoms with Crippen molar-refractivity contribution in [3.8, 4) is 11.5 Å². The summed E-state index contributed by atoms with van der Waals surface area (Å²) in [7, 11) is 0. The minimum Gasteiger partial charge on any atom is -0.461 e. The Balaban J connectivity index is 2.32. The smallest absolute Gasteiger partial charge is 0.174 e. The molecule has 2 heterocycles. The summed E-state index contributed by atoms with van der Waals surface area (Å²) in [4.78, 5) is 0. The van der Waals surface area contributed by atoms with Crippen molar-refractivity contribution in [2.45, 2.75) is 0 Å². The maximum absolute atomic E-state index is 5.91. The van der Waals surface area contributed by atoms with Gasteiger partial charge in [-0.3, -0.25) is 0 Å². The summed E-state index contributed by atoms with van der Waals surface area (Å²) < 4.78 is 13.5. The van der Waals surface area contributed by atoms with Crippen molar-refractivity contribution in [2.75, 3.05) is 0 Å². The van der Waals surface area contributed by atoms with Crippen molar-refractivity contribution < 1.29 is 4.42 Å². The maximum atomic E-state index is 5.91. The topological polar surface area (TPSA) is 38.9 Å². The van der Waals surface area contributed by atoms with Gasteiger partial charge in [0.25, 0.3) is 0 Å². The molecule has 0 amide bonds. The molecule has 3 rings (SSSR count). The molecule has 0 atom stereocenters. The molecule has 0 fully saturated rings. The lowest BCUT2D eigenvalue weighted by molar-refractivity contribution is 0.585. The van der Waals surface area contributed by atoms with E-state index in [2.05, 4.69) is 8.75 Å². The molecule has 3 nitrogen and oxygen atoms in total. The van der Waals surface area contributed by atoms with Crippen LogP contribution in [0.15, 0.2) is 34.9 Å². The SMILES string of the molecule is Clc1nsnc1-c1occ2ccccc12. The van der Waals surface area contributed by atoms with Gasteiger partial charge in [0, 0.05) is 10.8 Å². The van der Waals surface area contributed by atoms with Crippen LogP contribution < -0.4 is 0 Å². The molecule has 0 saturated heterocycles. The zero-order chi connectivity index (χ0) is 10.3. The average molecular weight is 237 g/mol. The van der Waals surface area contributed by atoms with Crippen LogP contribution in [0.5, 0.6) is 0 Å². The van der Waals surface area contributed by atoms with E-state index in [1.54, 1.807) is 6.26 Å². The molecule has 3 aromatic rings. The molecule has 0 spiro atoms. The lowest BCUT2D eigenvalue weighted by atomic mass is 10.1. The van der Waals surface area contributed by atoms with Gasteiger partial charge in [0.15, 0.2) is 16.6 Å². The normalized spacial score (nSPS) is 11.0. The van der Waals surface area contributed by atoms with Crippen LogP contribution in [-0.2, 0) is 0 Å². The lowest BCUT2D eigenvalue weighted by Gasteiger charge is -1.91. The molecule has 74 valence electrons. The summed E-state index contributed by atoms with van der Waals surface area (Å²) in [5, 5.41) is 2.43. The van der Waals surface area contributed by atoms with Crippen LogP contribution in [0.3, 0.4) is 0 Å². The minimum absolute atomic E-state index is 0.389. The van der Waals surface area contributed by atoms with E-state index in [0.717, 1.165) is 22.5 Å². The third-order valence-corrected chi connectivity index (χ3v) is 3.06. The second-order valence-corrected chi connectivity index (χ2v) is 3.94. The molecule has 1 aromatic carbocycles. The summed E-state index contributed by atoms with van der Waals surface area (Å²) in [6.07, 6.45) is 1.69.